The van der Waals surface area contributed by atoms with Crippen molar-refractivity contribution in [1.82, 2.24) is 15.5 Å². The molecule has 2 rings (SSSR count). The third-order valence-electron chi connectivity index (χ3n) is 4.82. The fourth-order valence-electron chi connectivity index (χ4n) is 3.43. The van der Waals surface area contributed by atoms with Crippen LogP contribution in [0.3, 0.4) is 0 Å². The molecule has 1 aliphatic carbocycles. The van der Waals surface area contributed by atoms with Gasteiger partial charge in [-0.05, 0) is 18.4 Å². The van der Waals surface area contributed by atoms with Crippen LogP contribution in [0.2, 0.25) is 0 Å². The Bertz CT molecular complexity index is 681. The fourth-order valence-corrected chi connectivity index (χ4v) is 3.43. The van der Waals surface area contributed by atoms with E-state index in [1.54, 1.807) is 32.1 Å². The summed E-state index contributed by atoms with van der Waals surface area (Å²) in [5.74, 6) is 0.728. The maximum atomic E-state index is 12.6. The van der Waals surface area contributed by atoms with Gasteiger partial charge in [-0.25, -0.2) is 0 Å². The van der Waals surface area contributed by atoms with E-state index >= 15 is 0 Å². The first-order valence-electron chi connectivity index (χ1n) is 8.77. The minimum absolute atomic E-state index is 0.0636. The second-order valence-electron chi connectivity index (χ2n) is 6.89. The molecule has 1 aromatic carbocycles. The first-order chi connectivity index (χ1) is 12.4. The topological polar surface area (TPSA) is 99.9 Å². The largest absolute Gasteiger partial charge is 0.355 e. The summed E-state index contributed by atoms with van der Waals surface area (Å²) in [7, 11) is 5.24. The van der Waals surface area contributed by atoms with Gasteiger partial charge in [0, 0.05) is 46.4 Å². The van der Waals surface area contributed by atoms with Crippen LogP contribution in [0.15, 0.2) is 29.3 Å². The van der Waals surface area contributed by atoms with Crippen molar-refractivity contribution in [3.63, 3.8) is 0 Å². The number of benzene rings is 1. The summed E-state index contributed by atoms with van der Waals surface area (Å²) < 4.78 is 0. The molecule has 0 bridgehead atoms. The van der Waals surface area contributed by atoms with Crippen LogP contribution in [0.25, 0.3) is 0 Å². The molecule has 0 saturated heterocycles. The number of carbonyl (C=O) groups is 1. The van der Waals surface area contributed by atoms with Gasteiger partial charge in [0.2, 0.25) is 5.91 Å². The highest BCUT2D eigenvalue weighted by Crippen LogP contribution is 2.38. The molecule has 0 aromatic heterocycles. The molecule has 8 nitrogen and oxygen atoms in total. The monoisotopic (exact) mass is 361 g/mol. The van der Waals surface area contributed by atoms with E-state index in [2.05, 4.69) is 15.6 Å². The van der Waals surface area contributed by atoms with Crippen molar-refractivity contribution in [1.29, 1.82) is 0 Å². The third-order valence-corrected chi connectivity index (χ3v) is 4.82. The van der Waals surface area contributed by atoms with Crippen molar-refractivity contribution in [2.45, 2.75) is 32.2 Å². The summed E-state index contributed by atoms with van der Waals surface area (Å²) in [6.45, 7) is 0.939. The van der Waals surface area contributed by atoms with Gasteiger partial charge < -0.3 is 15.5 Å². The number of aliphatic imine (C=N–C) groups is 1. The molecule has 1 amide bonds. The average Bonchev–Trinajstić information content (AvgIpc) is 3.11. The highest BCUT2D eigenvalue weighted by atomic mass is 16.6. The van der Waals surface area contributed by atoms with Crippen molar-refractivity contribution < 1.29 is 9.72 Å². The number of amides is 1. The van der Waals surface area contributed by atoms with Gasteiger partial charge in [0.25, 0.3) is 5.69 Å². The molecule has 1 fully saturated rings. The number of nitro groups is 1. The van der Waals surface area contributed by atoms with E-state index in [0.29, 0.717) is 19.0 Å². The minimum Gasteiger partial charge on any atom is -0.355 e. The van der Waals surface area contributed by atoms with Gasteiger partial charge in [0.1, 0.15) is 0 Å². The highest BCUT2D eigenvalue weighted by Gasteiger charge is 2.42. The molecule has 2 N–H and O–H groups in total. The molecule has 0 spiro atoms. The van der Waals surface area contributed by atoms with E-state index < -0.39 is 4.92 Å². The maximum Gasteiger partial charge on any atom is 0.269 e. The highest BCUT2D eigenvalue weighted by molar-refractivity contribution is 5.85. The molecule has 1 saturated carbocycles. The Morgan fingerprint density at radius 1 is 1.31 bits per heavy atom. The average molecular weight is 361 g/mol. The van der Waals surface area contributed by atoms with Gasteiger partial charge in [-0.3, -0.25) is 19.9 Å². The quantitative estimate of drug-likeness (QED) is 0.349. The molecule has 0 atom stereocenters. The van der Waals surface area contributed by atoms with Gasteiger partial charge in [0.05, 0.1) is 10.3 Å². The summed E-state index contributed by atoms with van der Waals surface area (Å²) in [4.78, 5) is 28.9. The van der Waals surface area contributed by atoms with Crippen molar-refractivity contribution in [3.05, 3.63) is 39.9 Å². The zero-order valence-electron chi connectivity index (χ0n) is 15.6. The first-order valence-corrected chi connectivity index (χ1v) is 8.77. The van der Waals surface area contributed by atoms with E-state index in [9.17, 15) is 14.9 Å². The zero-order chi connectivity index (χ0) is 19.2. The van der Waals surface area contributed by atoms with Crippen LogP contribution in [-0.4, -0.2) is 49.4 Å². The summed E-state index contributed by atoms with van der Waals surface area (Å²) in [6.07, 6.45) is 3.86. The van der Waals surface area contributed by atoms with Gasteiger partial charge in [0.15, 0.2) is 5.96 Å². The Morgan fingerprint density at radius 3 is 2.58 bits per heavy atom. The molecule has 0 aliphatic heterocycles. The van der Waals surface area contributed by atoms with Crippen LogP contribution in [0.5, 0.6) is 0 Å². The third kappa shape index (κ3) is 4.71. The minimum atomic E-state index is -0.409. The van der Waals surface area contributed by atoms with Crippen LogP contribution >= 0.6 is 0 Å². The molecule has 8 heteroatoms. The van der Waals surface area contributed by atoms with E-state index in [4.69, 9.17) is 0 Å². The first kappa shape index (κ1) is 19.7. The summed E-state index contributed by atoms with van der Waals surface area (Å²) in [5.41, 5.74) is 0.475. The predicted octanol–water partition coefficient (Wildman–Crippen LogP) is 1.91. The fraction of sp³-hybridized carbons (Fsp3) is 0.556. The molecule has 0 unspecified atom stereocenters. The molecule has 0 radical (unpaired) electrons. The molecule has 1 aliphatic rings. The number of guanidine groups is 1. The summed E-state index contributed by atoms with van der Waals surface area (Å²) in [6, 6.07) is 6.48. The number of nitrogens with one attached hydrogen (secondary N) is 2. The molecule has 1 aromatic rings. The predicted molar refractivity (Wildman–Crippen MR) is 101 cm³/mol. The number of nitro benzene ring substituents is 1. The summed E-state index contributed by atoms with van der Waals surface area (Å²) in [5, 5.41) is 17.3. The molecule has 142 valence electrons. The normalized spacial score (nSPS) is 16.2. The lowest BCUT2D eigenvalue weighted by Crippen LogP contribution is -2.49. The maximum absolute atomic E-state index is 12.6. The Kier molecular flexibility index (Phi) is 6.54. The van der Waals surface area contributed by atoms with Crippen molar-refractivity contribution in [2.24, 2.45) is 10.4 Å². The number of nitrogens with zero attached hydrogens (tertiary/aromatic N) is 3. The lowest BCUT2D eigenvalue weighted by molar-refractivity contribution is -0.384. The number of carbonyl (C=O) groups excluding carboxylic acids is 1. The SMILES string of the molecule is CN=C(NCc1cccc([N+](=O)[O-])c1)NCC1(C(=O)N(C)C)CCCC1. The molecule has 26 heavy (non-hydrogen) atoms. The smallest absolute Gasteiger partial charge is 0.269 e. The van der Waals surface area contributed by atoms with Crippen LogP contribution in [0.1, 0.15) is 31.2 Å². The van der Waals surface area contributed by atoms with E-state index in [-0.39, 0.29) is 17.0 Å². The Morgan fingerprint density at radius 2 is 2.00 bits per heavy atom. The van der Waals surface area contributed by atoms with Crippen molar-refractivity contribution in [3.8, 4) is 0 Å². The van der Waals surface area contributed by atoms with Gasteiger partial charge in [-0.1, -0.05) is 25.0 Å². The standard InChI is InChI=1S/C18H27N5O3/c1-19-17(20-12-14-7-6-8-15(11-14)23(25)26)21-13-18(9-4-5-10-18)16(24)22(2)3/h6-8,11H,4-5,9-10,12-13H2,1-3H3,(H2,19,20,21). The second-order valence-corrected chi connectivity index (χ2v) is 6.89. The zero-order valence-corrected chi connectivity index (χ0v) is 15.6. The Balaban J connectivity index is 1.96. The number of hydrogen-bond donors (Lipinski definition) is 2. The Hall–Kier alpha value is -2.64. The molecular formula is C18H27N5O3. The lowest BCUT2D eigenvalue weighted by atomic mass is 9.84. The number of hydrogen-bond acceptors (Lipinski definition) is 4. The second kappa shape index (κ2) is 8.64. The number of rotatable bonds is 6. The van der Waals surface area contributed by atoms with Crippen LogP contribution in [0.4, 0.5) is 5.69 Å². The van der Waals surface area contributed by atoms with Gasteiger partial charge >= 0.3 is 0 Å². The van der Waals surface area contributed by atoms with Crippen molar-refractivity contribution in [2.75, 3.05) is 27.7 Å². The van der Waals surface area contributed by atoms with Crippen LogP contribution in [-0.2, 0) is 11.3 Å². The van der Waals surface area contributed by atoms with Gasteiger partial charge in [-0.15, -0.1) is 0 Å². The van der Waals surface area contributed by atoms with Crippen molar-refractivity contribution >= 4 is 17.6 Å². The Labute approximate surface area is 153 Å². The van der Waals surface area contributed by atoms with E-state index in [1.165, 1.54) is 12.1 Å². The molecule has 0 heterocycles. The molecular weight excluding hydrogens is 334 g/mol. The van der Waals surface area contributed by atoms with Crippen LogP contribution < -0.4 is 10.6 Å². The van der Waals surface area contributed by atoms with Gasteiger partial charge in [-0.2, -0.15) is 0 Å². The van der Waals surface area contributed by atoms with Crippen LogP contribution in [0, 0.1) is 15.5 Å². The number of non-ortho nitro benzene ring substituents is 1. The lowest BCUT2D eigenvalue weighted by Gasteiger charge is -2.31. The van der Waals surface area contributed by atoms with E-state index in [1.807, 2.05) is 6.07 Å². The summed E-state index contributed by atoms with van der Waals surface area (Å²) >= 11 is 0. The van der Waals surface area contributed by atoms with E-state index in [0.717, 1.165) is 31.2 Å².